The summed E-state index contributed by atoms with van der Waals surface area (Å²) in [5.74, 6) is 0.624. The van der Waals surface area contributed by atoms with E-state index in [2.05, 4.69) is 13.8 Å². The van der Waals surface area contributed by atoms with Gasteiger partial charge in [-0.25, -0.2) is 0 Å². The predicted octanol–water partition coefficient (Wildman–Crippen LogP) is -0.00740. The lowest BCUT2D eigenvalue weighted by Crippen LogP contribution is -2.36. The van der Waals surface area contributed by atoms with Crippen molar-refractivity contribution >= 4 is 0 Å². The van der Waals surface area contributed by atoms with Crippen LogP contribution in [0.25, 0.3) is 0 Å². The highest BCUT2D eigenvalue weighted by molar-refractivity contribution is 5.19. The molecule has 0 aliphatic heterocycles. The normalized spacial score (nSPS) is 54.0. The van der Waals surface area contributed by atoms with Crippen molar-refractivity contribution in [3.05, 3.63) is 0 Å². The molecule has 0 heterocycles. The fraction of sp³-hybridized carbons (Fsp3) is 1.00. The van der Waals surface area contributed by atoms with E-state index in [9.17, 15) is 10.2 Å². The molecule has 3 nitrogen and oxygen atoms in total. The predicted molar refractivity (Wildman–Crippen MR) is 48.0 cm³/mol. The first-order valence-corrected chi connectivity index (χ1v) is 5.02. The average molecular weight is 186 g/mol. The molecule has 0 aromatic rings. The maximum atomic E-state index is 9.87. The summed E-state index contributed by atoms with van der Waals surface area (Å²) in [5, 5.41) is 28.6. The second-order valence-corrected chi connectivity index (χ2v) is 4.86. The summed E-state index contributed by atoms with van der Waals surface area (Å²) in [6.45, 7) is 4.16. The summed E-state index contributed by atoms with van der Waals surface area (Å²) < 4.78 is 0. The fourth-order valence-electron chi connectivity index (χ4n) is 3.24. The van der Waals surface area contributed by atoms with Crippen LogP contribution in [0.2, 0.25) is 0 Å². The van der Waals surface area contributed by atoms with Crippen LogP contribution in [0.1, 0.15) is 20.3 Å². The summed E-state index contributed by atoms with van der Waals surface area (Å²) in [7, 11) is 0. The third-order valence-corrected chi connectivity index (χ3v) is 4.22. The lowest BCUT2D eigenvalue weighted by molar-refractivity contribution is -0.0386. The lowest BCUT2D eigenvalue weighted by Gasteiger charge is -2.25. The molecule has 2 rings (SSSR count). The zero-order chi connectivity index (χ0) is 9.80. The van der Waals surface area contributed by atoms with Crippen LogP contribution in [-0.4, -0.2) is 34.1 Å². The molecule has 3 N–H and O–H groups in total. The highest BCUT2D eigenvalue weighted by Gasteiger charge is 2.71. The Balaban J connectivity index is 2.21. The minimum atomic E-state index is -0.717. The quantitative estimate of drug-likeness (QED) is 0.568. The van der Waals surface area contributed by atoms with Gasteiger partial charge in [0.2, 0.25) is 0 Å². The van der Waals surface area contributed by atoms with Crippen LogP contribution in [-0.2, 0) is 0 Å². The van der Waals surface area contributed by atoms with Crippen LogP contribution in [0.3, 0.4) is 0 Å². The molecule has 0 spiro atoms. The second kappa shape index (κ2) is 2.69. The van der Waals surface area contributed by atoms with Gasteiger partial charge in [0, 0.05) is 17.9 Å². The highest BCUT2D eigenvalue weighted by atomic mass is 16.3. The molecule has 13 heavy (non-hydrogen) atoms. The van der Waals surface area contributed by atoms with Crippen molar-refractivity contribution in [2.45, 2.75) is 32.5 Å². The van der Waals surface area contributed by atoms with E-state index >= 15 is 0 Å². The Hall–Kier alpha value is -0.120. The molecule has 0 aromatic heterocycles. The van der Waals surface area contributed by atoms with Gasteiger partial charge in [0.05, 0.1) is 12.2 Å². The third-order valence-electron chi connectivity index (χ3n) is 4.22. The van der Waals surface area contributed by atoms with Crippen molar-refractivity contribution in [3.63, 3.8) is 0 Å². The topological polar surface area (TPSA) is 60.7 Å². The second-order valence-electron chi connectivity index (χ2n) is 4.86. The van der Waals surface area contributed by atoms with Crippen LogP contribution in [0.4, 0.5) is 0 Å². The number of fused-ring (bicyclic) bond motifs is 1. The molecule has 3 unspecified atom stereocenters. The van der Waals surface area contributed by atoms with Gasteiger partial charge in [-0.1, -0.05) is 13.8 Å². The fourth-order valence-corrected chi connectivity index (χ4v) is 3.24. The van der Waals surface area contributed by atoms with E-state index in [0.717, 1.165) is 6.42 Å². The summed E-state index contributed by atoms with van der Waals surface area (Å²) in [6.07, 6.45) is -0.380. The van der Waals surface area contributed by atoms with Crippen LogP contribution < -0.4 is 0 Å². The summed E-state index contributed by atoms with van der Waals surface area (Å²) in [6, 6.07) is 0. The van der Waals surface area contributed by atoms with Gasteiger partial charge in [-0.05, 0) is 18.3 Å². The zero-order valence-corrected chi connectivity index (χ0v) is 8.14. The van der Waals surface area contributed by atoms with Crippen molar-refractivity contribution in [2.75, 3.05) is 6.61 Å². The van der Waals surface area contributed by atoms with Crippen molar-refractivity contribution in [3.8, 4) is 0 Å². The summed E-state index contributed by atoms with van der Waals surface area (Å²) in [4.78, 5) is 0. The SMILES string of the molecule is CC(C)[C@]12C[C@H]1C(CO)C(O)C2O. The smallest absolute Gasteiger partial charge is 0.0864 e. The Kier molecular flexibility index (Phi) is 1.95. The van der Waals surface area contributed by atoms with Gasteiger partial charge in [0.15, 0.2) is 0 Å². The van der Waals surface area contributed by atoms with Crippen LogP contribution in [0.15, 0.2) is 0 Å². The minimum Gasteiger partial charge on any atom is -0.396 e. The zero-order valence-electron chi connectivity index (χ0n) is 8.14. The number of aliphatic hydroxyl groups is 3. The van der Waals surface area contributed by atoms with E-state index in [4.69, 9.17) is 5.11 Å². The number of hydrogen-bond donors (Lipinski definition) is 3. The van der Waals surface area contributed by atoms with E-state index in [-0.39, 0.29) is 17.9 Å². The molecular formula is C10H18O3. The molecule has 5 atom stereocenters. The molecule has 2 aliphatic carbocycles. The average Bonchev–Trinajstić information content (AvgIpc) is 2.76. The van der Waals surface area contributed by atoms with Gasteiger partial charge >= 0.3 is 0 Å². The highest BCUT2D eigenvalue weighted by Crippen LogP contribution is 2.69. The minimum absolute atomic E-state index is 0.00262. The number of hydrogen-bond acceptors (Lipinski definition) is 3. The van der Waals surface area contributed by atoms with Crippen LogP contribution in [0, 0.1) is 23.2 Å². The van der Waals surface area contributed by atoms with E-state index in [1.165, 1.54) is 0 Å². The molecule has 0 bridgehead atoms. The van der Waals surface area contributed by atoms with E-state index in [1.54, 1.807) is 0 Å². The Morgan fingerprint density at radius 2 is 2.00 bits per heavy atom. The Morgan fingerprint density at radius 3 is 2.31 bits per heavy atom. The maximum Gasteiger partial charge on any atom is 0.0864 e. The monoisotopic (exact) mass is 186 g/mol. The van der Waals surface area contributed by atoms with Crippen molar-refractivity contribution < 1.29 is 15.3 Å². The first-order chi connectivity index (χ1) is 6.05. The first kappa shape index (κ1) is 9.44. The largest absolute Gasteiger partial charge is 0.396 e. The van der Waals surface area contributed by atoms with Gasteiger partial charge in [-0.15, -0.1) is 0 Å². The summed E-state index contributed by atoms with van der Waals surface area (Å²) in [5.41, 5.74) is -0.0905. The molecule has 0 radical (unpaired) electrons. The molecule has 0 aromatic carbocycles. The van der Waals surface area contributed by atoms with Gasteiger partial charge < -0.3 is 15.3 Å². The van der Waals surface area contributed by atoms with Crippen molar-refractivity contribution in [1.82, 2.24) is 0 Å². The standard InChI is InChI=1S/C10H18O3/c1-5(2)10-3-7(10)6(4-11)8(12)9(10)13/h5-9,11-13H,3-4H2,1-2H3/t6?,7-,8?,9?,10+/m0/s1. The molecule has 2 saturated carbocycles. The van der Waals surface area contributed by atoms with Gasteiger partial charge in [-0.2, -0.15) is 0 Å². The van der Waals surface area contributed by atoms with Crippen LogP contribution in [0.5, 0.6) is 0 Å². The Labute approximate surface area is 78.4 Å². The summed E-state index contributed by atoms with van der Waals surface area (Å²) >= 11 is 0. The van der Waals surface area contributed by atoms with Gasteiger partial charge in [0.1, 0.15) is 0 Å². The van der Waals surface area contributed by atoms with E-state index in [1.807, 2.05) is 0 Å². The number of rotatable bonds is 2. The molecule has 2 aliphatic rings. The maximum absolute atomic E-state index is 9.87. The van der Waals surface area contributed by atoms with Crippen molar-refractivity contribution in [1.29, 1.82) is 0 Å². The van der Waals surface area contributed by atoms with Gasteiger partial charge in [-0.3, -0.25) is 0 Å². The first-order valence-electron chi connectivity index (χ1n) is 5.02. The third kappa shape index (κ3) is 0.953. The van der Waals surface area contributed by atoms with Gasteiger partial charge in [0.25, 0.3) is 0 Å². The Morgan fingerprint density at radius 1 is 1.38 bits per heavy atom. The van der Waals surface area contributed by atoms with Crippen LogP contribution >= 0.6 is 0 Å². The molecule has 3 heteroatoms. The lowest BCUT2D eigenvalue weighted by atomic mass is 9.87. The molecular weight excluding hydrogens is 168 g/mol. The van der Waals surface area contributed by atoms with Crippen molar-refractivity contribution in [2.24, 2.45) is 23.2 Å². The Bertz CT molecular complexity index is 216. The molecule has 0 amide bonds. The number of aliphatic hydroxyl groups excluding tert-OH is 3. The van der Waals surface area contributed by atoms with E-state index in [0.29, 0.717) is 11.8 Å². The molecule has 0 saturated heterocycles. The molecule has 2 fully saturated rings. The van der Waals surface area contributed by atoms with E-state index < -0.39 is 12.2 Å². The molecule has 76 valence electrons.